The van der Waals surface area contributed by atoms with Gasteiger partial charge in [0.05, 0.1) is 5.71 Å². The Labute approximate surface area is 270 Å². The zero-order valence-electron chi connectivity index (χ0n) is 24.6. The quantitative estimate of drug-likeness (QED) is 0.0691. The van der Waals surface area contributed by atoms with Crippen molar-refractivity contribution in [2.45, 2.75) is 36.7 Å². The summed E-state index contributed by atoms with van der Waals surface area (Å²) in [6.07, 6.45) is 9.45. The number of allylic oxidation sites excluding steroid dienone is 6. The third-order valence-electron chi connectivity index (χ3n) is 7.72. The van der Waals surface area contributed by atoms with Crippen molar-refractivity contribution in [3.05, 3.63) is 114 Å². The summed E-state index contributed by atoms with van der Waals surface area (Å²) in [6.45, 7) is 11.4. The molecule has 234 valence electrons. The van der Waals surface area contributed by atoms with E-state index in [2.05, 4.69) is 70.3 Å². The van der Waals surface area contributed by atoms with Crippen LogP contribution in [0, 0.1) is 5.92 Å². The molecular weight excluding hydrogens is 637 g/mol. The number of rotatable bonds is 11. The highest BCUT2D eigenvalue weighted by molar-refractivity contribution is 7.99. The maximum Gasteiger partial charge on any atom is 0.499 e. The Bertz CT molecular complexity index is 1970. The zero-order chi connectivity index (χ0) is 32.4. The van der Waals surface area contributed by atoms with E-state index in [1.165, 1.54) is 11.8 Å². The number of aromatic nitrogens is 1. The molecule has 0 spiro atoms. The highest BCUT2D eigenvalue weighted by atomic mass is 35.5. The largest absolute Gasteiger partial charge is 0.499 e. The topological polar surface area (TPSA) is 43.6 Å². The molecule has 1 aliphatic carbocycles. The average Bonchev–Trinajstić information content (AvgIpc) is 3.35. The van der Waals surface area contributed by atoms with Crippen molar-refractivity contribution in [3.8, 4) is 0 Å². The molecule has 0 amide bonds. The fourth-order valence-electron chi connectivity index (χ4n) is 5.25. The van der Waals surface area contributed by atoms with E-state index in [4.69, 9.17) is 11.6 Å². The van der Waals surface area contributed by atoms with Crippen LogP contribution in [-0.4, -0.2) is 31.6 Å². The minimum atomic E-state index is -5.17. The molecular formula is C35H32ClF3N2O2S2. The van der Waals surface area contributed by atoms with Crippen LogP contribution >= 0.6 is 23.4 Å². The molecule has 0 saturated heterocycles. The number of thioether (sulfide) groups is 1. The number of benzene rings is 3. The first-order chi connectivity index (χ1) is 21.4. The van der Waals surface area contributed by atoms with Gasteiger partial charge in [0.2, 0.25) is 9.80 Å². The predicted octanol–water partition coefficient (Wildman–Crippen LogP) is 10.3. The fraction of sp³-hybridized carbons (Fsp3) is 0.200. The molecule has 0 fully saturated rings. The lowest BCUT2D eigenvalue weighted by Crippen LogP contribution is -2.24. The summed E-state index contributed by atoms with van der Waals surface area (Å²) in [7, 11) is -4.95. The summed E-state index contributed by atoms with van der Waals surface area (Å²) >= 11 is 7.45. The van der Waals surface area contributed by atoms with Gasteiger partial charge in [0.1, 0.15) is 0 Å². The van der Waals surface area contributed by atoms with E-state index < -0.39 is 15.3 Å². The summed E-state index contributed by atoms with van der Waals surface area (Å²) in [6, 6.07) is 19.4. The van der Waals surface area contributed by atoms with E-state index in [0.29, 0.717) is 21.9 Å². The molecule has 3 aromatic carbocycles. The van der Waals surface area contributed by atoms with Crippen LogP contribution in [0.3, 0.4) is 0 Å². The second kappa shape index (κ2) is 13.4. The van der Waals surface area contributed by atoms with Crippen molar-refractivity contribution in [3.63, 3.8) is 0 Å². The third-order valence-corrected chi connectivity index (χ3v) is 10.0. The number of fused-ring (bicyclic) bond motifs is 3. The van der Waals surface area contributed by atoms with Gasteiger partial charge in [0.15, 0.2) is 0 Å². The zero-order valence-corrected chi connectivity index (χ0v) is 27.0. The number of halogens is 4. The van der Waals surface area contributed by atoms with Gasteiger partial charge in [-0.25, -0.2) is 4.21 Å². The molecule has 1 aliphatic rings. The molecule has 2 unspecified atom stereocenters. The monoisotopic (exact) mass is 668 g/mol. The van der Waals surface area contributed by atoms with Gasteiger partial charge in [-0.2, -0.15) is 13.2 Å². The summed E-state index contributed by atoms with van der Waals surface area (Å²) in [5.41, 5.74) is 0.129. The molecule has 4 aromatic rings. The number of nitrogens with zero attached hydrogens (tertiary/aromatic N) is 2. The SMILES string of the molecule is C=C(/C(CCSc1ccc(Cl)cc1)=N\OS(=C)(=O)C(F)(F)F)c1ccc2c(c1)c1cc(C(=C)C3C=CC=CC3)ccc1n2CC. The molecule has 0 bridgehead atoms. The highest BCUT2D eigenvalue weighted by Crippen LogP contribution is 2.36. The molecule has 0 aliphatic heterocycles. The van der Waals surface area contributed by atoms with Crippen molar-refractivity contribution in [1.82, 2.24) is 4.57 Å². The predicted molar refractivity (Wildman–Crippen MR) is 186 cm³/mol. The lowest BCUT2D eigenvalue weighted by atomic mass is 9.88. The Hall–Kier alpha value is -3.66. The fourth-order valence-corrected chi connectivity index (χ4v) is 6.53. The first kappa shape index (κ1) is 32.7. The van der Waals surface area contributed by atoms with Crippen molar-refractivity contribution >= 4 is 77.7 Å². The van der Waals surface area contributed by atoms with Crippen LogP contribution in [0.5, 0.6) is 0 Å². The molecule has 2 atom stereocenters. The Kier molecular flexibility index (Phi) is 9.72. The smallest absolute Gasteiger partial charge is 0.341 e. The van der Waals surface area contributed by atoms with Gasteiger partial charge in [-0.3, -0.25) is 4.28 Å². The first-order valence-electron chi connectivity index (χ1n) is 14.2. The van der Waals surface area contributed by atoms with Crippen LogP contribution in [0.1, 0.15) is 30.9 Å². The van der Waals surface area contributed by atoms with E-state index in [9.17, 15) is 17.4 Å². The molecule has 1 aromatic heterocycles. The summed E-state index contributed by atoms with van der Waals surface area (Å²) < 4.78 is 58.8. The summed E-state index contributed by atoms with van der Waals surface area (Å²) in [5.74, 6) is 3.39. The number of aryl methyl sites for hydroxylation is 1. The standard InChI is InChI=1S/C35H32ClF3N2O2S2/c1-5-41-33-17-11-26(23(2)25-9-7-6-8-10-25)21-30(33)31-22-27(12-18-34(31)41)24(3)32(40-43-45(4,42)35(37,38)39)19-20-44-29-15-13-28(36)14-16-29/h6-9,11-18,21-22,25H,2-5,10,19-20H2,1H3/b40-32-. The first-order valence-corrected chi connectivity index (χ1v) is 17.3. The number of hydrogen-bond acceptors (Lipinski definition) is 4. The van der Waals surface area contributed by atoms with Gasteiger partial charge in [-0.15, -0.1) is 11.8 Å². The number of hydrogen-bond donors (Lipinski definition) is 0. The van der Waals surface area contributed by atoms with E-state index in [-0.39, 0.29) is 18.1 Å². The van der Waals surface area contributed by atoms with Crippen molar-refractivity contribution in [2.75, 3.05) is 5.75 Å². The minimum absolute atomic E-state index is 0.141. The molecule has 1 heterocycles. The second-order valence-corrected chi connectivity index (χ2v) is 14.0. The van der Waals surface area contributed by atoms with Crippen LogP contribution in [0.2, 0.25) is 5.02 Å². The summed E-state index contributed by atoms with van der Waals surface area (Å²) in [4.78, 5) is 0.924. The molecule has 4 nitrogen and oxygen atoms in total. The lowest BCUT2D eigenvalue weighted by Gasteiger charge is -2.16. The maximum absolute atomic E-state index is 13.3. The van der Waals surface area contributed by atoms with Crippen LogP contribution in [-0.2, 0) is 20.6 Å². The Morgan fingerprint density at radius 2 is 1.69 bits per heavy atom. The van der Waals surface area contributed by atoms with Gasteiger partial charge in [-0.05, 0) is 84.1 Å². The number of alkyl halides is 3. The molecule has 0 N–H and O–H groups in total. The van der Waals surface area contributed by atoms with Crippen molar-refractivity contribution in [2.24, 2.45) is 11.1 Å². The molecule has 10 heteroatoms. The van der Waals surface area contributed by atoms with Crippen LogP contribution in [0.15, 0.2) is 108 Å². The van der Waals surface area contributed by atoms with Crippen LogP contribution in [0.25, 0.3) is 33.0 Å². The average molecular weight is 669 g/mol. The van der Waals surface area contributed by atoms with E-state index in [1.54, 1.807) is 12.1 Å². The maximum atomic E-state index is 13.3. The van der Waals surface area contributed by atoms with Gasteiger partial charge in [0, 0.05) is 62.2 Å². The Morgan fingerprint density at radius 1 is 1.04 bits per heavy atom. The van der Waals surface area contributed by atoms with E-state index >= 15 is 0 Å². The highest BCUT2D eigenvalue weighted by Gasteiger charge is 2.42. The molecule has 0 saturated carbocycles. The minimum Gasteiger partial charge on any atom is -0.341 e. The number of oxime groups is 1. The van der Waals surface area contributed by atoms with Crippen molar-refractivity contribution in [1.29, 1.82) is 0 Å². The van der Waals surface area contributed by atoms with E-state index in [0.717, 1.165) is 50.8 Å². The molecule has 0 radical (unpaired) electrons. The van der Waals surface area contributed by atoms with Crippen LogP contribution in [0.4, 0.5) is 13.2 Å². The summed E-state index contributed by atoms with van der Waals surface area (Å²) in [5, 5.41) is 6.32. The second-order valence-electron chi connectivity index (χ2n) is 10.6. The van der Waals surface area contributed by atoms with Gasteiger partial charge < -0.3 is 4.57 Å². The molecule has 5 rings (SSSR count). The van der Waals surface area contributed by atoms with Gasteiger partial charge >= 0.3 is 5.51 Å². The van der Waals surface area contributed by atoms with Gasteiger partial charge in [0.25, 0.3) is 0 Å². The van der Waals surface area contributed by atoms with Gasteiger partial charge in [-0.1, -0.05) is 66.4 Å². The Morgan fingerprint density at radius 3 is 2.29 bits per heavy atom. The van der Waals surface area contributed by atoms with Crippen molar-refractivity contribution < 1.29 is 21.7 Å². The third kappa shape index (κ3) is 7.11. The van der Waals surface area contributed by atoms with E-state index in [1.807, 2.05) is 42.5 Å². The molecule has 45 heavy (non-hydrogen) atoms. The Balaban J connectivity index is 1.51. The van der Waals surface area contributed by atoms with Crippen LogP contribution < -0.4 is 0 Å². The lowest BCUT2D eigenvalue weighted by molar-refractivity contribution is -0.0481. The normalized spacial score (nSPS) is 16.6.